The summed E-state index contributed by atoms with van der Waals surface area (Å²) in [6, 6.07) is 4.22. The summed E-state index contributed by atoms with van der Waals surface area (Å²) in [5.41, 5.74) is 2.27. The molecular weight excluding hydrogens is 398 g/mol. The second kappa shape index (κ2) is 7.30. The summed E-state index contributed by atoms with van der Waals surface area (Å²) >= 11 is 0. The van der Waals surface area contributed by atoms with Gasteiger partial charge in [-0.15, -0.1) is 0 Å². The summed E-state index contributed by atoms with van der Waals surface area (Å²) in [6.45, 7) is 5.67. The molecule has 8 nitrogen and oxygen atoms in total. The van der Waals surface area contributed by atoms with Crippen LogP contribution in [0.25, 0.3) is 11.8 Å². The molecule has 0 aliphatic carbocycles. The van der Waals surface area contributed by atoms with Crippen molar-refractivity contribution in [3.8, 4) is 17.2 Å². The lowest BCUT2D eigenvalue weighted by Crippen LogP contribution is -2.48. The molecule has 2 aliphatic rings. The van der Waals surface area contributed by atoms with Gasteiger partial charge in [-0.3, -0.25) is 19.5 Å². The van der Waals surface area contributed by atoms with Gasteiger partial charge in [0.2, 0.25) is 11.7 Å². The van der Waals surface area contributed by atoms with Crippen molar-refractivity contribution in [1.29, 1.82) is 0 Å². The molecule has 1 N–H and O–H groups in total. The van der Waals surface area contributed by atoms with Gasteiger partial charge in [0.05, 0.1) is 38.3 Å². The van der Waals surface area contributed by atoms with Crippen LogP contribution in [0.15, 0.2) is 24.4 Å². The largest absolute Gasteiger partial charge is 0.493 e. The van der Waals surface area contributed by atoms with Gasteiger partial charge < -0.3 is 19.5 Å². The van der Waals surface area contributed by atoms with E-state index in [1.54, 1.807) is 24.4 Å². The summed E-state index contributed by atoms with van der Waals surface area (Å²) in [6.07, 6.45) is 3.44. The number of pyridine rings is 1. The number of aromatic nitrogens is 1. The SMILES string of the molecule is COc1cc2c(c(OC)c1OC)C=C1c3ncccc3C(=O)N1[C@H]2C(=O)NC(C)(C)C. The van der Waals surface area contributed by atoms with Crippen LogP contribution in [-0.4, -0.2) is 48.6 Å². The van der Waals surface area contributed by atoms with E-state index in [4.69, 9.17) is 14.2 Å². The molecule has 2 aromatic rings. The number of fused-ring (bicyclic) bond motifs is 4. The van der Waals surface area contributed by atoms with Crippen LogP contribution < -0.4 is 19.5 Å². The van der Waals surface area contributed by atoms with Gasteiger partial charge in [-0.2, -0.15) is 0 Å². The first kappa shape index (κ1) is 20.7. The van der Waals surface area contributed by atoms with Gasteiger partial charge in [-0.1, -0.05) is 0 Å². The van der Waals surface area contributed by atoms with Gasteiger partial charge in [0.15, 0.2) is 11.5 Å². The zero-order valence-electron chi connectivity index (χ0n) is 18.4. The fraction of sp³-hybridized carbons (Fsp3) is 0.348. The van der Waals surface area contributed by atoms with Crippen LogP contribution in [0.1, 0.15) is 54.0 Å². The first-order valence-electron chi connectivity index (χ1n) is 9.87. The van der Waals surface area contributed by atoms with Crippen molar-refractivity contribution in [3.05, 3.63) is 46.8 Å². The molecule has 0 radical (unpaired) electrons. The number of nitrogens with zero attached hydrogens (tertiary/aromatic N) is 2. The van der Waals surface area contributed by atoms with E-state index in [2.05, 4.69) is 10.3 Å². The number of ether oxygens (including phenoxy) is 3. The third-order valence-electron chi connectivity index (χ3n) is 5.24. The van der Waals surface area contributed by atoms with Crippen molar-refractivity contribution in [3.63, 3.8) is 0 Å². The molecule has 0 spiro atoms. The molecule has 1 aromatic heterocycles. The van der Waals surface area contributed by atoms with Gasteiger partial charge in [-0.05, 0) is 50.6 Å². The Hall–Kier alpha value is -3.55. The Morgan fingerprint density at radius 1 is 1.13 bits per heavy atom. The summed E-state index contributed by atoms with van der Waals surface area (Å²) in [5.74, 6) is 0.660. The average molecular weight is 423 g/mol. The van der Waals surface area contributed by atoms with E-state index >= 15 is 0 Å². The van der Waals surface area contributed by atoms with Crippen molar-refractivity contribution < 1.29 is 23.8 Å². The van der Waals surface area contributed by atoms with Crippen molar-refractivity contribution >= 4 is 23.6 Å². The van der Waals surface area contributed by atoms with Crippen molar-refractivity contribution in [2.75, 3.05) is 21.3 Å². The molecule has 3 heterocycles. The number of nitrogens with one attached hydrogen (secondary N) is 1. The smallest absolute Gasteiger partial charge is 0.261 e. The van der Waals surface area contributed by atoms with Gasteiger partial charge in [0.25, 0.3) is 5.91 Å². The average Bonchev–Trinajstić information content (AvgIpc) is 3.01. The second-order valence-corrected chi connectivity index (χ2v) is 8.39. The molecule has 8 heteroatoms. The summed E-state index contributed by atoms with van der Waals surface area (Å²) < 4.78 is 16.7. The van der Waals surface area contributed by atoms with Crippen LogP contribution in [0, 0.1) is 0 Å². The monoisotopic (exact) mass is 423 g/mol. The quantitative estimate of drug-likeness (QED) is 0.813. The molecule has 2 aliphatic heterocycles. The Balaban J connectivity index is 2.02. The van der Waals surface area contributed by atoms with Gasteiger partial charge >= 0.3 is 0 Å². The Bertz CT molecular complexity index is 1120. The highest BCUT2D eigenvalue weighted by Gasteiger charge is 2.46. The number of amides is 2. The highest BCUT2D eigenvalue weighted by Crippen LogP contribution is 2.51. The highest BCUT2D eigenvalue weighted by atomic mass is 16.5. The van der Waals surface area contributed by atoms with E-state index < -0.39 is 11.6 Å². The Morgan fingerprint density at radius 3 is 2.45 bits per heavy atom. The third-order valence-corrected chi connectivity index (χ3v) is 5.24. The molecule has 0 saturated heterocycles. The standard InChI is InChI=1S/C23H25N3O5/c1-23(2,3)25-21(27)18-13-11-16(29-4)20(31-6)19(30-5)14(13)10-15-17-12(8-7-9-24-17)22(28)26(15)18/h7-11,18H,1-6H3,(H,25,27)/t18-/m1/s1. The summed E-state index contributed by atoms with van der Waals surface area (Å²) in [4.78, 5) is 32.7. The molecule has 1 aromatic carbocycles. The first-order valence-corrected chi connectivity index (χ1v) is 9.87. The first-order chi connectivity index (χ1) is 14.7. The number of methoxy groups -OCH3 is 3. The van der Waals surface area contributed by atoms with Crippen LogP contribution in [-0.2, 0) is 4.79 Å². The molecule has 4 rings (SSSR count). The minimum Gasteiger partial charge on any atom is -0.493 e. The van der Waals surface area contributed by atoms with E-state index in [0.29, 0.717) is 45.3 Å². The highest BCUT2D eigenvalue weighted by molar-refractivity contribution is 6.14. The summed E-state index contributed by atoms with van der Waals surface area (Å²) in [7, 11) is 4.56. The minimum absolute atomic E-state index is 0.275. The number of carbonyl (C=O) groups excluding carboxylic acids is 2. The molecule has 31 heavy (non-hydrogen) atoms. The van der Waals surface area contributed by atoms with Crippen LogP contribution in [0.4, 0.5) is 0 Å². The van der Waals surface area contributed by atoms with Gasteiger partial charge in [0, 0.05) is 17.3 Å². The van der Waals surface area contributed by atoms with Crippen molar-refractivity contribution in [2.45, 2.75) is 32.4 Å². The lowest BCUT2D eigenvalue weighted by molar-refractivity contribution is -0.126. The van der Waals surface area contributed by atoms with Crippen LogP contribution in [0.2, 0.25) is 0 Å². The molecular formula is C23H25N3O5. The Morgan fingerprint density at radius 2 is 1.84 bits per heavy atom. The van der Waals surface area contributed by atoms with E-state index in [-0.39, 0.29) is 11.8 Å². The van der Waals surface area contributed by atoms with Gasteiger partial charge in [0.1, 0.15) is 6.04 Å². The van der Waals surface area contributed by atoms with E-state index in [9.17, 15) is 9.59 Å². The molecule has 0 bridgehead atoms. The number of benzene rings is 1. The maximum atomic E-state index is 13.5. The van der Waals surface area contributed by atoms with E-state index in [1.807, 2.05) is 26.8 Å². The van der Waals surface area contributed by atoms with Gasteiger partial charge in [-0.25, -0.2) is 0 Å². The topological polar surface area (TPSA) is 90.0 Å². The number of rotatable bonds is 4. The maximum Gasteiger partial charge on any atom is 0.261 e. The lowest BCUT2D eigenvalue weighted by atomic mass is 9.91. The van der Waals surface area contributed by atoms with Crippen LogP contribution >= 0.6 is 0 Å². The predicted molar refractivity (Wildman–Crippen MR) is 115 cm³/mol. The fourth-order valence-electron chi connectivity index (χ4n) is 4.07. The van der Waals surface area contributed by atoms with Crippen LogP contribution in [0.5, 0.6) is 17.2 Å². The van der Waals surface area contributed by atoms with E-state index in [0.717, 1.165) is 0 Å². The number of hydrogen-bond acceptors (Lipinski definition) is 6. The molecule has 0 unspecified atom stereocenters. The van der Waals surface area contributed by atoms with Crippen molar-refractivity contribution in [1.82, 2.24) is 15.2 Å². The number of hydrogen-bond donors (Lipinski definition) is 1. The second-order valence-electron chi connectivity index (χ2n) is 8.39. The molecule has 1 atom stereocenters. The zero-order valence-corrected chi connectivity index (χ0v) is 18.4. The third kappa shape index (κ3) is 3.19. The van der Waals surface area contributed by atoms with Crippen LogP contribution in [0.3, 0.4) is 0 Å². The normalized spacial score (nSPS) is 16.7. The van der Waals surface area contributed by atoms with E-state index in [1.165, 1.54) is 26.2 Å². The zero-order chi connectivity index (χ0) is 22.5. The van der Waals surface area contributed by atoms with Crippen molar-refractivity contribution in [2.24, 2.45) is 0 Å². The molecule has 162 valence electrons. The minimum atomic E-state index is -0.926. The Kier molecular flexibility index (Phi) is 4.88. The fourth-order valence-corrected chi connectivity index (χ4v) is 4.07. The maximum absolute atomic E-state index is 13.5. The Labute approximate surface area is 180 Å². The molecule has 0 fully saturated rings. The predicted octanol–water partition coefficient (Wildman–Crippen LogP) is 3.03. The lowest BCUT2D eigenvalue weighted by Gasteiger charge is -2.35. The number of carbonyl (C=O) groups is 2. The molecule has 0 saturated carbocycles. The molecule has 2 amide bonds. The summed E-state index contributed by atoms with van der Waals surface area (Å²) in [5, 5.41) is 3.00.